The maximum atomic E-state index is 13.7. The molecule has 0 spiro atoms. The monoisotopic (exact) mass is 396 g/mol. The fourth-order valence-corrected chi connectivity index (χ4v) is 4.13. The summed E-state index contributed by atoms with van der Waals surface area (Å²) in [5.41, 5.74) is 2.58. The van der Waals surface area contributed by atoms with E-state index in [4.69, 9.17) is 4.74 Å². The molecule has 2 atom stereocenters. The van der Waals surface area contributed by atoms with Gasteiger partial charge < -0.3 is 4.74 Å². The molecule has 0 unspecified atom stereocenters. The van der Waals surface area contributed by atoms with Gasteiger partial charge >= 0.3 is 5.69 Å². The third-order valence-corrected chi connectivity index (χ3v) is 5.29. The predicted molar refractivity (Wildman–Crippen MR) is 108 cm³/mol. The number of nitrogens with one attached hydrogen (secondary N) is 2. The second kappa shape index (κ2) is 8.71. The number of aromatic nitrogens is 3. The molecule has 2 aromatic carbocycles. The van der Waals surface area contributed by atoms with Crippen LogP contribution in [0.1, 0.15) is 41.4 Å². The Morgan fingerprint density at radius 3 is 2.79 bits per heavy atom. The Bertz CT molecular complexity index is 981. The number of rotatable bonds is 6. The Balaban J connectivity index is 1.56. The Kier molecular flexibility index (Phi) is 5.87. The van der Waals surface area contributed by atoms with Gasteiger partial charge in [-0.3, -0.25) is 9.88 Å². The Morgan fingerprint density at radius 2 is 2.07 bits per heavy atom. The van der Waals surface area contributed by atoms with Crippen molar-refractivity contribution >= 4 is 0 Å². The van der Waals surface area contributed by atoms with Gasteiger partial charge in [0.05, 0.1) is 25.3 Å². The van der Waals surface area contributed by atoms with Crippen LogP contribution in [0, 0.1) is 12.7 Å². The first-order valence-corrected chi connectivity index (χ1v) is 9.89. The van der Waals surface area contributed by atoms with E-state index in [1.807, 2.05) is 31.2 Å². The molecule has 3 aromatic rings. The summed E-state index contributed by atoms with van der Waals surface area (Å²) in [5.74, 6) is 0.369. The van der Waals surface area contributed by atoms with Crippen LogP contribution in [-0.2, 0) is 17.9 Å². The Morgan fingerprint density at radius 1 is 1.24 bits per heavy atom. The normalized spacial score (nSPS) is 20.1. The van der Waals surface area contributed by atoms with Crippen molar-refractivity contribution < 1.29 is 9.13 Å². The summed E-state index contributed by atoms with van der Waals surface area (Å²) in [4.78, 5) is 16.4. The first kappa shape index (κ1) is 19.5. The second-order valence-electron chi connectivity index (χ2n) is 7.58. The molecular formula is C22H25FN4O2. The van der Waals surface area contributed by atoms with Gasteiger partial charge in [0.15, 0.2) is 0 Å². The molecule has 1 aliphatic heterocycles. The van der Waals surface area contributed by atoms with Crippen LogP contribution in [0.5, 0.6) is 0 Å². The maximum Gasteiger partial charge on any atom is 0.340 e. The van der Waals surface area contributed by atoms with E-state index in [2.05, 4.69) is 32.2 Å². The van der Waals surface area contributed by atoms with E-state index in [0.29, 0.717) is 19.0 Å². The number of ether oxygens (including phenoxy) is 1. The highest BCUT2D eigenvalue weighted by Gasteiger charge is 2.34. The average Bonchev–Trinajstić information content (AvgIpc) is 3.11. The van der Waals surface area contributed by atoms with Gasteiger partial charge in [-0.1, -0.05) is 36.4 Å². The summed E-state index contributed by atoms with van der Waals surface area (Å²) in [6.07, 6.45) is 1.85. The summed E-state index contributed by atoms with van der Waals surface area (Å²) >= 11 is 0. The number of hydrogen-bond donors (Lipinski definition) is 2. The third kappa shape index (κ3) is 4.81. The summed E-state index contributed by atoms with van der Waals surface area (Å²) in [6.45, 7) is 3.65. The van der Waals surface area contributed by atoms with Gasteiger partial charge in [-0.05, 0) is 55.1 Å². The number of piperidine rings is 1. The number of halogens is 1. The van der Waals surface area contributed by atoms with Gasteiger partial charge in [0.25, 0.3) is 0 Å². The standard InChI is InChI=1S/C22H25FN4O2/c1-15-10-16(12-18(23)11-15)14-29-19-8-5-9-27(13-20-24-22(28)26-25-20)21(19)17-6-3-2-4-7-17/h2-4,6-7,10-12,19,21H,5,8-9,13-14H2,1H3,(H2,24,25,26,28)/t19-,21-/m0/s1. The van der Waals surface area contributed by atoms with Gasteiger partial charge in [-0.15, -0.1) is 0 Å². The first-order chi connectivity index (χ1) is 14.1. The number of hydrogen-bond acceptors (Lipinski definition) is 4. The zero-order valence-corrected chi connectivity index (χ0v) is 16.4. The molecule has 0 radical (unpaired) electrons. The van der Waals surface area contributed by atoms with Gasteiger partial charge in [0.1, 0.15) is 11.6 Å². The fourth-order valence-electron chi connectivity index (χ4n) is 4.13. The summed E-state index contributed by atoms with van der Waals surface area (Å²) in [6, 6.07) is 15.3. The van der Waals surface area contributed by atoms with Gasteiger partial charge in [-0.2, -0.15) is 5.10 Å². The highest BCUT2D eigenvalue weighted by molar-refractivity contribution is 5.24. The lowest BCUT2D eigenvalue weighted by Gasteiger charge is -2.41. The number of aryl methyl sites for hydroxylation is 1. The smallest absolute Gasteiger partial charge is 0.340 e. The lowest BCUT2D eigenvalue weighted by atomic mass is 9.92. The SMILES string of the molecule is Cc1cc(F)cc(CO[C@H]2CCCN(Cc3n[nH]c(=O)[nH]3)[C@H]2c2ccccc2)c1. The molecule has 4 rings (SSSR count). The molecule has 152 valence electrons. The second-order valence-corrected chi connectivity index (χ2v) is 7.58. The van der Waals surface area contributed by atoms with Gasteiger partial charge in [0.2, 0.25) is 0 Å². The van der Waals surface area contributed by atoms with Crippen LogP contribution in [0.25, 0.3) is 0 Å². The van der Waals surface area contributed by atoms with E-state index in [-0.39, 0.29) is 23.7 Å². The molecule has 0 saturated carbocycles. The van der Waals surface area contributed by atoms with Crippen molar-refractivity contribution in [3.05, 3.63) is 87.3 Å². The highest BCUT2D eigenvalue weighted by atomic mass is 19.1. The van der Waals surface area contributed by atoms with Crippen molar-refractivity contribution in [1.82, 2.24) is 20.1 Å². The van der Waals surface area contributed by atoms with Gasteiger partial charge in [-0.25, -0.2) is 14.3 Å². The summed E-state index contributed by atoms with van der Waals surface area (Å²) < 4.78 is 20.0. The van der Waals surface area contributed by atoms with E-state index in [9.17, 15) is 9.18 Å². The van der Waals surface area contributed by atoms with Crippen LogP contribution in [0.2, 0.25) is 0 Å². The molecule has 0 amide bonds. The minimum atomic E-state index is -0.303. The third-order valence-electron chi connectivity index (χ3n) is 5.29. The fraction of sp³-hybridized carbons (Fsp3) is 0.364. The van der Waals surface area contributed by atoms with E-state index in [0.717, 1.165) is 36.1 Å². The van der Waals surface area contributed by atoms with Crippen molar-refractivity contribution in [3.63, 3.8) is 0 Å². The van der Waals surface area contributed by atoms with Crippen LogP contribution >= 0.6 is 0 Å². The number of benzene rings is 2. The molecule has 1 aromatic heterocycles. The molecule has 1 fully saturated rings. The molecule has 0 bridgehead atoms. The topological polar surface area (TPSA) is 74.0 Å². The van der Waals surface area contributed by atoms with Crippen LogP contribution in [-0.4, -0.2) is 32.7 Å². The zero-order valence-electron chi connectivity index (χ0n) is 16.4. The molecular weight excluding hydrogens is 371 g/mol. The molecule has 6 nitrogen and oxygen atoms in total. The van der Waals surface area contributed by atoms with E-state index >= 15 is 0 Å². The first-order valence-electron chi connectivity index (χ1n) is 9.89. The van der Waals surface area contributed by atoms with E-state index < -0.39 is 0 Å². The zero-order chi connectivity index (χ0) is 20.2. The van der Waals surface area contributed by atoms with Gasteiger partial charge in [0, 0.05) is 0 Å². The van der Waals surface area contributed by atoms with Crippen molar-refractivity contribution in [2.75, 3.05) is 6.54 Å². The van der Waals surface area contributed by atoms with Crippen LogP contribution < -0.4 is 5.69 Å². The predicted octanol–water partition coefficient (Wildman–Crippen LogP) is 3.47. The van der Waals surface area contributed by atoms with E-state index in [1.54, 1.807) is 0 Å². The Labute approximate surface area is 168 Å². The van der Waals surface area contributed by atoms with Crippen molar-refractivity contribution in [2.24, 2.45) is 0 Å². The summed E-state index contributed by atoms with van der Waals surface area (Å²) in [7, 11) is 0. The maximum absolute atomic E-state index is 13.7. The number of nitrogens with zero attached hydrogens (tertiary/aromatic N) is 2. The molecule has 0 aliphatic carbocycles. The lowest BCUT2D eigenvalue weighted by Crippen LogP contribution is -2.42. The van der Waals surface area contributed by atoms with E-state index in [1.165, 1.54) is 12.1 Å². The number of likely N-dealkylation sites (tertiary alicyclic amines) is 1. The molecule has 7 heteroatoms. The van der Waals surface area contributed by atoms with Crippen LogP contribution in [0.3, 0.4) is 0 Å². The average molecular weight is 396 g/mol. The highest BCUT2D eigenvalue weighted by Crippen LogP contribution is 2.34. The minimum absolute atomic E-state index is 0.0276. The molecule has 2 heterocycles. The van der Waals surface area contributed by atoms with Crippen molar-refractivity contribution in [2.45, 2.75) is 45.1 Å². The quantitative estimate of drug-likeness (QED) is 0.669. The minimum Gasteiger partial charge on any atom is -0.372 e. The largest absolute Gasteiger partial charge is 0.372 e. The number of H-pyrrole nitrogens is 2. The Hall–Kier alpha value is -2.77. The van der Waals surface area contributed by atoms with Crippen molar-refractivity contribution in [1.29, 1.82) is 0 Å². The lowest BCUT2D eigenvalue weighted by molar-refractivity contribution is -0.0560. The van der Waals surface area contributed by atoms with Crippen molar-refractivity contribution in [3.8, 4) is 0 Å². The summed E-state index contributed by atoms with van der Waals surface area (Å²) in [5, 5.41) is 6.49. The van der Waals surface area contributed by atoms with Crippen LogP contribution in [0.15, 0.2) is 53.3 Å². The molecule has 1 saturated heterocycles. The molecule has 1 aliphatic rings. The van der Waals surface area contributed by atoms with Crippen LogP contribution in [0.4, 0.5) is 4.39 Å². The molecule has 29 heavy (non-hydrogen) atoms. The number of aromatic amines is 2. The molecule has 2 N–H and O–H groups in total.